The molecule has 236 valence electrons. The third kappa shape index (κ3) is 20.3. The molecule has 0 saturated heterocycles. The molecule has 10 nitrogen and oxygen atoms in total. The molecule has 0 spiro atoms. The quantitative estimate of drug-likeness (QED) is 0.164. The summed E-state index contributed by atoms with van der Waals surface area (Å²) in [6.45, 7) is 13.4. The third-order valence-electron chi connectivity index (χ3n) is 5.95. The largest absolute Gasteiger partial charge is 0.350 e. The first-order chi connectivity index (χ1) is 20.1. The van der Waals surface area contributed by atoms with Crippen molar-refractivity contribution in [1.82, 2.24) is 4.90 Å². The predicted molar refractivity (Wildman–Crippen MR) is 168 cm³/mol. The van der Waals surface area contributed by atoms with Gasteiger partial charge in [-0.1, -0.05) is 10.8 Å². The Morgan fingerprint density at radius 2 is 1.26 bits per heavy atom. The van der Waals surface area contributed by atoms with Crippen LogP contribution in [-0.4, -0.2) is 66.8 Å². The highest BCUT2D eigenvalue weighted by molar-refractivity contribution is 5.24. The average molecular weight is 599 g/mol. The molecule has 10 heteroatoms. The van der Waals surface area contributed by atoms with Gasteiger partial charge >= 0.3 is 5.82 Å². The minimum atomic E-state index is 0.356. The Morgan fingerprint density at radius 1 is 0.744 bits per heavy atom. The number of nitrogens with zero attached hydrogens (tertiary/aromatic N) is 6. The lowest BCUT2D eigenvalue weighted by atomic mass is 10.1. The Kier molecular flexibility index (Phi) is 18.5. The number of rotatable bonds is 4. The van der Waals surface area contributed by atoms with Crippen LogP contribution in [0.2, 0.25) is 0 Å². The molecule has 4 aromatic heterocycles. The highest BCUT2D eigenvalue weighted by atomic mass is 16.5. The van der Waals surface area contributed by atoms with E-state index in [-0.39, 0.29) is 0 Å². The van der Waals surface area contributed by atoms with Crippen LogP contribution < -0.4 is 24.5 Å². The number of hydrogen-bond donors (Lipinski definition) is 4. The van der Waals surface area contributed by atoms with Gasteiger partial charge in [0.2, 0.25) is 24.8 Å². The second-order valence-electron chi connectivity index (χ2n) is 11.3. The van der Waals surface area contributed by atoms with Crippen molar-refractivity contribution in [2.24, 2.45) is 0 Å². The van der Waals surface area contributed by atoms with Crippen LogP contribution in [0.3, 0.4) is 0 Å². The molecule has 4 heterocycles. The topological polar surface area (TPSA) is 105 Å². The zero-order valence-electron chi connectivity index (χ0n) is 27.9. The Bertz CT molecular complexity index is 1270. The molecule has 0 atom stereocenters. The lowest BCUT2D eigenvalue weighted by molar-refractivity contribution is -0.905. The number of quaternary nitrogens is 1. The molecule has 0 fully saturated rings. The summed E-state index contributed by atoms with van der Waals surface area (Å²) >= 11 is 0. The Morgan fingerprint density at radius 3 is 1.65 bits per heavy atom. The summed E-state index contributed by atoms with van der Waals surface area (Å²) in [7, 11) is 10.6. The van der Waals surface area contributed by atoms with E-state index in [4.69, 9.17) is 21.4 Å². The lowest BCUT2D eigenvalue weighted by Gasteiger charge is -2.20. The molecule has 0 amide bonds. The van der Waals surface area contributed by atoms with Gasteiger partial charge < -0.3 is 14.6 Å². The number of pyridine rings is 4. The van der Waals surface area contributed by atoms with Gasteiger partial charge in [-0.3, -0.25) is 16.1 Å². The molecule has 0 bridgehead atoms. The summed E-state index contributed by atoms with van der Waals surface area (Å²) < 4.78 is 6.19. The van der Waals surface area contributed by atoms with Crippen molar-refractivity contribution in [3.8, 4) is 0 Å². The Balaban J connectivity index is 0.000000523. The number of hydrogen-bond acceptors (Lipinski definition) is 5. The van der Waals surface area contributed by atoms with Crippen LogP contribution in [0.15, 0.2) is 91.9 Å². The monoisotopic (exact) mass is 598 g/mol. The maximum Gasteiger partial charge on any atom is 0.312 e. The molecule has 4 rings (SSSR count). The van der Waals surface area contributed by atoms with E-state index in [1.165, 1.54) is 18.3 Å². The van der Waals surface area contributed by atoms with Crippen molar-refractivity contribution in [2.75, 3.05) is 47.5 Å². The summed E-state index contributed by atoms with van der Waals surface area (Å²) in [4.78, 5) is 2.07. The number of nitrogen functional groups attached to an aromatic ring is 1. The molecule has 0 aliphatic heterocycles. The average Bonchev–Trinajstić information content (AvgIpc) is 2.96. The van der Waals surface area contributed by atoms with Crippen molar-refractivity contribution in [2.45, 2.75) is 47.7 Å². The Hall–Kier alpha value is -4.28. The number of aromatic nitrogens is 4. The van der Waals surface area contributed by atoms with E-state index in [1.807, 2.05) is 71.3 Å². The van der Waals surface area contributed by atoms with E-state index < -0.39 is 0 Å². The fourth-order valence-corrected chi connectivity index (χ4v) is 2.87. The smallest absolute Gasteiger partial charge is 0.312 e. The molecular formula is C33H56N7O3+5. The molecule has 0 aromatic carbocycles. The van der Waals surface area contributed by atoms with Crippen molar-refractivity contribution in [3.63, 3.8) is 0 Å². The summed E-state index contributed by atoms with van der Waals surface area (Å²) in [5.74, 6) is 0.356. The second-order valence-corrected chi connectivity index (χ2v) is 11.3. The van der Waals surface area contributed by atoms with Crippen LogP contribution in [0.4, 0.5) is 5.82 Å². The van der Waals surface area contributed by atoms with Gasteiger partial charge in [0.1, 0.15) is 12.7 Å². The van der Waals surface area contributed by atoms with Gasteiger partial charge in [0.15, 0.2) is 12.4 Å². The molecule has 4 aromatic rings. The number of aryl methyl sites for hydroxylation is 4. The van der Waals surface area contributed by atoms with Crippen LogP contribution in [0.5, 0.6) is 0 Å². The molecule has 0 aliphatic carbocycles. The first-order valence-corrected chi connectivity index (χ1v) is 14.3. The van der Waals surface area contributed by atoms with Crippen LogP contribution in [-0.2, 0) is 13.1 Å². The first kappa shape index (κ1) is 38.7. The zero-order chi connectivity index (χ0) is 33.0. The Labute approximate surface area is 258 Å². The van der Waals surface area contributed by atoms with Gasteiger partial charge in [-0.25, -0.2) is 4.57 Å². The van der Waals surface area contributed by atoms with Crippen molar-refractivity contribution < 1.29 is 38.9 Å². The van der Waals surface area contributed by atoms with Gasteiger partial charge in [0.05, 0.1) is 27.7 Å². The van der Waals surface area contributed by atoms with Crippen LogP contribution >= 0.6 is 0 Å². The minimum Gasteiger partial charge on any atom is -0.350 e. The van der Waals surface area contributed by atoms with Gasteiger partial charge in [-0.05, 0) is 71.5 Å². The van der Waals surface area contributed by atoms with Gasteiger partial charge in [-0.15, -0.1) is 0 Å². The summed E-state index contributed by atoms with van der Waals surface area (Å²) in [6, 6.07) is 15.1. The fraction of sp³-hybridized carbons (Fsp3) is 0.394. The highest BCUT2D eigenvalue weighted by Crippen LogP contribution is 2.05. The summed E-state index contributed by atoms with van der Waals surface area (Å²) in [5, 5.41) is 26.7. The summed E-state index contributed by atoms with van der Waals surface area (Å²) in [5.41, 5.74) is 9.87. The van der Waals surface area contributed by atoms with E-state index in [0.29, 0.717) is 5.82 Å². The van der Waals surface area contributed by atoms with Crippen LogP contribution in [0.25, 0.3) is 0 Å². The molecule has 0 unspecified atom stereocenters. The molecule has 5 N–H and O–H groups in total. The van der Waals surface area contributed by atoms with Gasteiger partial charge in [0, 0.05) is 58.0 Å². The van der Waals surface area contributed by atoms with E-state index in [2.05, 4.69) is 56.9 Å². The van der Waals surface area contributed by atoms with Crippen LogP contribution in [0, 0.1) is 20.8 Å². The van der Waals surface area contributed by atoms with E-state index in [1.54, 1.807) is 36.9 Å². The third-order valence-corrected chi connectivity index (χ3v) is 5.95. The number of nitrogens with two attached hydrogens (primary N) is 1. The van der Waals surface area contributed by atoms with Crippen molar-refractivity contribution >= 4 is 5.82 Å². The number of anilines is 1. The molecule has 0 saturated carbocycles. The maximum absolute atomic E-state index is 9.15. The van der Waals surface area contributed by atoms with Gasteiger partial charge in [-0.2, -0.15) is 0 Å². The fourth-order valence-electron chi connectivity index (χ4n) is 2.87. The van der Waals surface area contributed by atoms with Crippen molar-refractivity contribution in [3.05, 3.63) is 114 Å². The molecular weight excluding hydrogens is 542 g/mol. The standard InChI is InChI=1S/C9H15N2O.C7H10N.C6H8N2O.C6H8NO.C5H14N/c1-8-4-5-11(12)7-9(8)6-10(2)3;1-2-8-6-4-3-5-7-8;1-5-2-3-8(9)6(7)4-5;1-6-2-4-7(8)5-3-6;1-5-6(2,3)4/h4-5,7,12H,6H2,1-3H3;3-7H,2H2,1H3;2-4,7,9H,1H3;2-5,8H,1H3;5H2,1-4H3/q2*+1;;2*+1/p+1. The SMILES string of the molecule is CC[N+](C)(C)C.CC[n+]1ccccc1.Cc1cc[n+](O)c(N)c1.Cc1cc[n+](O)cc1.Cc1cc[n+](O)cc1CN(C)C. The molecule has 0 aliphatic rings. The lowest BCUT2D eigenvalue weighted by Crippen LogP contribution is -2.33. The second kappa shape index (κ2) is 20.6. The minimum absolute atomic E-state index is 0.356. The highest BCUT2D eigenvalue weighted by Gasteiger charge is 2.05. The first-order valence-electron chi connectivity index (χ1n) is 14.3. The molecule has 43 heavy (non-hydrogen) atoms. The maximum atomic E-state index is 9.15. The predicted octanol–water partition coefficient (Wildman–Crippen LogP) is 2.91. The van der Waals surface area contributed by atoms with Crippen LogP contribution in [0.1, 0.15) is 36.1 Å². The van der Waals surface area contributed by atoms with Crippen molar-refractivity contribution in [1.29, 1.82) is 0 Å². The molecule has 0 radical (unpaired) electrons. The van der Waals surface area contributed by atoms with E-state index >= 15 is 0 Å². The van der Waals surface area contributed by atoms with Gasteiger partial charge in [0.25, 0.3) is 0 Å². The van der Waals surface area contributed by atoms with E-state index in [9.17, 15) is 0 Å². The van der Waals surface area contributed by atoms with E-state index in [0.717, 1.165) is 48.5 Å². The normalized spacial score (nSPS) is 10.0. The zero-order valence-corrected chi connectivity index (χ0v) is 27.9. The summed E-state index contributed by atoms with van der Waals surface area (Å²) in [6.07, 6.45) is 12.2.